The smallest absolute Gasteiger partial charge is 0.325 e. The number of oxazole rings is 1. The zero-order chi connectivity index (χ0) is 26.2. The maximum Gasteiger partial charge on any atom is 0.325 e. The number of para-hydroxylation sites is 2. The zero-order valence-corrected chi connectivity index (χ0v) is 20.7. The summed E-state index contributed by atoms with van der Waals surface area (Å²) in [5.41, 5.74) is 2.18. The summed E-state index contributed by atoms with van der Waals surface area (Å²) < 4.78 is 30.8. The number of benzene rings is 3. The van der Waals surface area contributed by atoms with E-state index in [1.807, 2.05) is 36.2 Å². The molecule has 9 heteroatoms. The van der Waals surface area contributed by atoms with Gasteiger partial charge in [0.25, 0.3) is 11.9 Å². The van der Waals surface area contributed by atoms with Crippen molar-refractivity contribution >= 4 is 29.0 Å². The van der Waals surface area contributed by atoms with Gasteiger partial charge in [-0.2, -0.15) is 4.98 Å². The molecule has 0 saturated heterocycles. The van der Waals surface area contributed by atoms with Crippen LogP contribution in [0.1, 0.15) is 22.8 Å². The molecule has 0 fully saturated rings. The van der Waals surface area contributed by atoms with Crippen LogP contribution in [0.4, 0.5) is 10.4 Å². The standard InChI is InChI=1S/C28H28FN3O5/c1-3-35-26(33)19-32(27(34)22-8-4-5-9-23(22)29)18-20-12-14-21(15-13-20)36-17-16-31(2)28-30-24-10-6-7-11-25(24)37-28/h4-15H,3,16-19H2,1-2H3. The lowest BCUT2D eigenvalue weighted by Gasteiger charge is -2.22. The van der Waals surface area contributed by atoms with Gasteiger partial charge >= 0.3 is 5.97 Å². The number of anilines is 1. The number of nitrogens with zero attached hydrogens (tertiary/aromatic N) is 3. The number of amides is 1. The molecule has 0 N–H and O–H groups in total. The first-order valence-corrected chi connectivity index (χ1v) is 11.9. The molecular weight excluding hydrogens is 477 g/mol. The first-order valence-electron chi connectivity index (χ1n) is 11.9. The Labute approximate surface area is 214 Å². The van der Waals surface area contributed by atoms with Crippen molar-refractivity contribution in [3.63, 3.8) is 0 Å². The van der Waals surface area contributed by atoms with Gasteiger partial charge in [0.15, 0.2) is 5.58 Å². The Kier molecular flexibility index (Phi) is 8.35. The van der Waals surface area contributed by atoms with Crippen LogP contribution in [-0.2, 0) is 16.1 Å². The number of aromatic nitrogens is 1. The Bertz CT molecular complexity index is 1320. The van der Waals surface area contributed by atoms with Crippen molar-refractivity contribution in [3.05, 3.63) is 89.7 Å². The Hall–Kier alpha value is -4.40. The third-order valence-corrected chi connectivity index (χ3v) is 5.62. The molecule has 37 heavy (non-hydrogen) atoms. The minimum Gasteiger partial charge on any atom is -0.492 e. The molecular formula is C28H28FN3O5. The predicted octanol–water partition coefficient (Wildman–Crippen LogP) is 4.69. The third-order valence-electron chi connectivity index (χ3n) is 5.62. The summed E-state index contributed by atoms with van der Waals surface area (Å²) in [6.45, 7) is 2.64. The molecule has 0 spiro atoms. The fraction of sp³-hybridized carbons (Fsp3) is 0.250. The lowest BCUT2D eigenvalue weighted by atomic mass is 10.1. The van der Waals surface area contributed by atoms with Crippen LogP contribution in [0.3, 0.4) is 0 Å². The summed E-state index contributed by atoms with van der Waals surface area (Å²) in [5, 5.41) is 0. The van der Waals surface area contributed by atoms with Crippen molar-refractivity contribution in [1.29, 1.82) is 0 Å². The maximum atomic E-state index is 14.2. The number of likely N-dealkylation sites (N-methyl/N-ethyl adjacent to an activating group) is 1. The van der Waals surface area contributed by atoms with Crippen molar-refractivity contribution < 1.29 is 27.9 Å². The number of hydrogen-bond acceptors (Lipinski definition) is 7. The number of rotatable bonds is 11. The molecule has 3 aromatic carbocycles. The fourth-order valence-electron chi connectivity index (χ4n) is 3.70. The highest BCUT2D eigenvalue weighted by Crippen LogP contribution is 2.21. The molecule has 0 unspecified atom stereocenters. The zero-order valence-electron chi connectivity index (χ0n) is 20.7. The normalized spacial score (nSPS) is 10.8. The summed E-state index contributed by atoms with van der Waals surface area (Å²) in [6, 6.07) is 20.9. The molecule has 0 radical (unpaired) electrons. The van der Waals surface area contributed by atoms with E-state index < -0.39 is 17.7 Å². The van der Waals surface area contributed by atoms with Crippen molar-refractivity contribution in [2.45, 2.75) is 13.5 Å². The molecule has 0 bridgehead atoms. The topological polar surface area (TPSA) is 85.1 Å². The van der Waals surface area contributed by atoms with Gasteiger partial charge in [0.05, 0.1) is 18.7 Å². The second-order valence-corrected chi connectivity index (χ2v) is 8.32. The van der Waals surface area contributed by atoms with E-state index in [1.165, 1.54) is 23.1 Å². The highest BCUT2D eigenvalue weighted by atomic mass is 19.1. The van der Waals surface area contributed by atoms with E-state index in [9.17, 15) is 14.0 Å². The molecule has 4 rings (SSSR count). The number of esters is 1. The molecule has 1 amide bonds. The second-order valence-electron chi connectivity index (χ2n) is 8.32. The Morgan fingerprint density at radius 1 is 1.00 bits per heavy atom. The van der Waals surface area contributed by atoms with Gasteiger partial charge in [-0.15, -0.1) is 0 Å². The van der Waals surface area contributed by atoms with E-state index in [0.717, 1.165) is 16.7 Å². The van der Waals surface area contributed by atoms with Gasteiger partial charge in [0, 0.05) is 13.6 Å². The van der Waals surface area contributed by atoms with Crippen LogP contribution in [0.5, 0.6) is 5.75 Å². The lowest BCUT2D eigenvalue weighted by Crippen LogP contribution is -2.36. The number of hydrogen-bond donors (Lipinski definition) is 0. The Morgan fingerprint density at radius 2 is 1.73 bits per heavy atom. The minimum atomic E-state index is -0.645. The van der Waals surface area contributed by atoms with Gasteiger partial charge in [-0.1, -0.05) is 36.4 Å². The largest absolute Gasteiger partial charge is 0.492 e. The highest BCUT2D eigenvalue weighted by molar-refractivity contribution is 5.96. The first kappa shape index (κ1) is 25.7. The fourth-order valence-corrected chi connectivity index (χ4v) is 3.70. The van der Waals surface area contributed by atoms with Crippen LogP contribution in [0.2, 0.25) is 0 Å². The van der Waals surface area contributed by atoms with E-state index in [0.29, 0.717) is 24.9 Å². The molecule has 0 aliphatic heterocycles. The summed E-state index contributed by atoms with van der Waals surface area (Å²) in [7, 11) is 1.88. The van der Waals surface area contributed by atoms with Crippen molar-refractivity contribution in [1.82, 2.24) is 9.88 Å². The summed E-state index contributed by atoms with van der Waals surface area (Å²) in [6.07, 6.45) is 0. The predicted molar refractivity (Wildman–Crippen MR) is 137 cm³/mol. The maximum absolute atomic E-state index is 14.2. The first-order chi connectivity index (χ1) is 17.9. The molecule has 4 aromatic rings. The van der Waals surface area contributed by atoms with E-state index >= 15 is 0 Å². The minimum absolute atomic E-state index is 0.102. The summed E-state index contributed by atoms with van der Waals surface area (Å²) >= 11 is 0. The van der Waals surface area contributed by atoms with Gasteiger partial charge < -0.3 is 23.7 Å². The number of carbonyl (C=O) groups is 2. The third kappa shape index (κ3) is 6.63. The molecule has 1 heterocycles. The second kappa shape index (κ2) is 12.0. The monoisotopic (exact) mass is 505 g/mol. The summed E-state index contributed by atoms with van der Waals surface area (Å²) in [5.74, 6) is -1.15. The van der Waals surface area contributed by atoms with Gasteiger partial charge in [-0.05, 0) is 48.9 Å². The SMILES string of the molecule is CCOC(=O)CN(Cc1ccc(OCCN(C)c2nc3ccccc3o2)cc1)C(=O)c1ccccc1F. The van der Waals surface area contributed by atoms with E-state index in [2.05, 4.69) is 4.98 Å². The van der Waals surface area contributed by atoms with Gasteiger partial charge in [-0.3, -0.25) is 9.59 Å². The van der Waals surface area contributed by atoms with Crippen LogP contribution < -0.4 is 9.64 Å². The summed E-state index contributed by atoms with van der Waals surface area (Å²) in [4.78, 5) is 32.7. The van der Waals surface area contributed by atoms with E-state index in [-0.39, 0.29) is 25.3 Å². The molecule has 0 atom stereocenters. The molecule has 192 valence electrons. The number of ether oxygens (including phenoxy) is 2. The van der Waals surface area contributed by atoms with Gasteiger partial charge in [-0.25, -0.2) is 4.39 Å². The van der Waals surface area contributed by atoms with Crippen LogP contribution in [0.25, 0.3) is 11.1 Å². The molecule has 8 nitrogen and oxygen atoms in total. The van der Waals surface area contributed by atoms with Crippen molar-refractivity contribution in [3.8, 4) is 5.75 Å². The molecule has 1 aromatic heterocycles. The number of carbonyl (C=O) groups excluding carboxylic acids is 2. The van der Waals surface area contributed by atoms with Crippen LogP contribution in [0.15, 0.2) is 77.2 Å². The van der Waals surface area contributed by atoms with Crippen LogP contribution >= 0.6 is 0 Å². The van der Waals surface area contributed by atoms with Crippen LogP contribution in [0, 0.1) is 5.82 Å². The Balaban J connectivity index is 1.35. The molecule has 0 aliphatic rings. The molecule has 0 aliphatic carbocycles. The number of fused-ring (bicyclic) bond motifs is 1. The highest BCUT2D eigenvalue weighted by Gasteiger charge is 2.22. The van der Waals surface area contributed by atoms with Crippen molar-refractivity contribution in [2.24, 2.45) is 0 Å². The average Bonchev–Trinajstić information content (AvgIpc) is 3.34. The van der Waals surface area contributed by atoms with Crippen LogP contribution in [-0.4, -0.2) is 55.1 Å². The van der Waals surface area contributed by atoms with E-state index in [4.69, 9.17) is 13.9 Å². The lowest BCUT2D eigenvalue weighted by molar-refractivity contribution is -0.143. The van der Waals surface area contributed by atoms with Gasteiger partial charge in [0.2, 0.25) is 0 Å². The molecule has 0 saturated carbocycles. The quantitative estimate of drug-likeness (QED) is 0.274. The average molecular weight is 506 g/mol. The number of halogens is 1. The van der Waals surface area contributed by atoms with E-state index in [1.54, 1.807) is 37.3 Å². The van der Waals surface area contributed by atoms with Crippen molar-refractivity contribution in [2.75, 3.05) is 38.3 Å². The van der Waals surface area contributed by atoms with Gasteiger partial charge in [0.1, 0.15) is 30.2 Å². The Morgan fingerprint density at radius 3 is 2.46 bits per heavy atom.